The number of nitrogens with one attached hydrogen (secondary N) is 2. The van der Waals surface area contributed by atoms with E-state index in [1.165, 1.54) is 6.07 Å². The number of benzene rings is 3. The molecular formula is C33H43N4O5P. The Hall–Kier alpha value is -3.94. The third-order valence-electron chi connectivity index (χ3n) is 7.03. The second-order valence-corrected chi connectivity index (χ2v) is 13.4. The zero-order valence-electron chi connectivity index (χ0n) is 25.5. The first-order valence-corrected chi connectivity index (χ1v) is 16.6. The van der Waals surface area contributed by atoms with Crippen molar-refractivity contribution in [3.63, 3.8) is 0 Å². The number of hydrogen-bond donors (Lipinski definition) is 3. The van der Waals surface area contributed by atoms with Gasteiger partial charge in [-0.3, -0.25) is 18.9 Å². The molecule has 0 aliphatic heterocycles. The summed E-state index contributed by atoms with van der Waals surface area (Å²) in [6.07, 6.45) is 1.24. The molecule has 2 atom stereocenters. The van der Waals surface area contributed by atoms with E-state index in [0.29, 0.717) is 24.3 Å². The molecule has 0 spiro atoms. The van der Waals surface area contributed by atoms with E-state index in [0.717, 1.165) is 24.1 Å². The highest BCUT2D eigenvalue weighted by molar-refractivity contribution is 7.58. The second kappa shape index (κ2) is 16.1. The quantitative estimate of drug-likeness (QED) is 0.194. The minimum absolute atomic E-state index is 0.105. The second-order valence-electron chi connectivity index (χ2n) is 10.8. The van der Waals surface area contributed by atoms with Gasteiger partial charge in [-0.05, 0) is 60.9 Å². The molecule has 43 heavy (non-hydrogen) atoms. The fourth-order valence-corrected chi connectivity index (χ4v) is 6.33. The summed E-state index contributed by atoms with van der Waals surface area (Å²) in [7, 11) is -0.224. The molecule has 9 nitrogen and oxygen atoms in total. The van der Waals surface area contributed by atoms with Crippen LogP contribution in [0.15, 0.2) is 78.9 Å². The van der Waals surface area contributed by atoms with E-state index in [4.69, 9.17) is 0 Å². The van der Waals surface area contributed by atoms with Gasteiger partial charge in [0.25, 0.3) is 11.8 Å². The van der Waals surface area contributed by atoms with Gasteiger partial charge in [-0.15, -0.1) is 0 Å². The molecular weight excluding hydrogens is 563 g/mol. The lowest BCUT2D eigenvalue weighted by Crippen LogP contribution is -2.37. The standard InChI is InChI=1S/C33H43N4O5P/c1-5-20-37(21-6-2)33(40)27-14-10-13-26(24-27)32(39)35-31(23-25-11-8-7-9-12-25)43(41,42)22-19-30(38)34-28-15-17-29(18-16-28)36(3)4/h7-18,24,31H,5-6,19-23H2,1-4H3,(H,34,38)(H,35,39)(H,41,42). The minimum Gasteiger partial charge on any atom is -0.378 e. The van der Waals surface area contributed by atoms with Crippen LogP contribution in [0.25, 0.3) is 0 Å². The Labute approximate surface area is 254 Å². The molecule has 0 bridgehead atoms. The largest absolute Gasteiger partial charge is 0.378 e. The number of nitrogens with zero attached hydrogens (tertiary/aromatic N) is 2. The molecule has 0 aliphatic rings. The zero-order valence-corrected chi connectivity index (χ0v) is 26.3. The van der Waals surface area contributed by atoms with Crippen molar-refractivity contribution >= 4 is 36.5 Å². The maximum atomic E-state index is 13.7. The number of rotatable bonds is 15. The highest BCUT2D eigenvalue weighted by atomic mass is 31.2. The fourth-order valence-electron chi connectivity index (χ4n) is 4.68. The average molecular weight is 607 g/mol. The number of carbonyl (C=O) groups is 3. The molecule has 0 saturated heterocycles. The molecule has 3 amide bonds. The highest BCUT2D eigenvalue weighted by Gasteiger charge is 2.33. The number of anilines is 2. The number of amides is 3. The molecule has 0 heterocycles. The topological polar surface area (TPSA) is 119 Å². The van der Waals surface area contributed by atoms with Gasteiger partial charge in [-0.25, -0.2) is 0 Å². The third-order valence-corrected chi connectivity index (χ3v) is 9.18. The summed E-state index contributed by atoms with van der Waals surface area (Å²) in [6, 6.07) is 22.8. The molecule has 10 heteroatoms. The van der Waals surface area contributed by atoms with Gasteiger partial charge < -0.3 is 25.3 Å². The maximum absolute atomic E-state index is 13.7. The van der Waals surface area contributed by atoms with Gasteiger partial charge in [0.2, 0.25) is 13.3 Å². The van der Waals surface area contributed by atoms with Crippen LogP contribution in [-0.4, -0.2) is 66.6 Å². The molecule has 2 unspecified atom stereocenters. The average Bonchev–Trinajstić information content (AvgIpc) is 3.00. The number of carbonyl (C=O) groups excluding carboxylic acids is 3. The van der Waals surface area contributed by atoms with Crippen molar-refractivity contribution in [2.75, 3.05) is 43.6 Å². The van der Waals surface area contributed by atoms with Gasteiger partial charge in [-0.2, -0.15) is 0 Å². The predicted molar refractivity (Wildman–Crippen MR) is 173 cm³/mol. The lowest BCUT2D eigenvalue weighted by atomic mass is 10.1. The van der Waals surface area contributed by atoms with E-state index in [1.807, 2.05) is 75.3 Å². The first-order chi connectivity index (χ1) is 20.5. The lowest BCUT2D eigenvalue weighted by molar-refractivity contribution is -0.115. The lowest BCUT2D eigenvalue weighted by Gasteiger charge is -2.25. The summed E-state index contributed by atoms with van der Waals surface area (Å²) >= 11 is 0. The van der Waals surface area contributed by atoms with Crippen molar-refractivity contribution in [1.29, 1.82) is 0 Å². The van der Waals surface area contributed by atoms with Crippen LogP contribution < -0.4 is 15.5 Å². The Morgan fingerprint density at radius 1 is 0.860 bits per heavy atom. The molecule has 3 N–H and O–H groups in total. The van der Waals surface area contributed by atoms with Crippen LogP contribution in [0.3, 0.4) is 0 Å². The van der Waals surface area contributed by atoms with Crippen molar-refractivity contribution in [3.05, 3.63) is 95.6 Å². The molecule has 230 valence electrons. The molecule has 0 aliphatic carbocycles. The van der Waals surface area contributed by atoms with E-state index < -0.39 is 25.0 Å². The van der Waals surface area contributed by atoms with Crippen molar-refractivity contribution in [2.24, 2.45) is 0 Å². The van der Waals surface area contributed by atoms with Crippen LogP contribution in [0.5, 0.6) is 0 Å². The van der Waals surface area contributed by atoms with Crippen LogP contribution >= 0.6 is 7.37 Å². The fraction of sp³-hybridized carbons (Fsp3) is 0.364. The summed E-state index contributed by atoms with van der Waals surface area (Å²) in [5, 5.41) is 5.51. The zero-order chi connectivity index (χ0) is 31.4. The van der Waals surface area contributed by atoms with Crippen molar-refractivity contribution in [2.45, 2.75) is 45.3 Å². The molecule has 0 saturated carbocycles. The summed E-state index contributed by atoms with van der Waals surface area (Å²) in [6.45, 7) is 5.24. The minimum atomic E-state index is -4.06. The van der Waals surface area contributed by atoms with Gasteiger partial charge in [0.1, 0.15) is 5.78 Å². The summed E-state index contributed by atoms with van der Waals surface area (Å²) < 4.78 is 13.7. The third kappa shape index (κ3) is 10.1. The Morgan fingerprint density at radius 2 is 1.49 bits per heavy atom. The van der Waals surface area contributed by atoms with Crippen LogP contribution in [0.1, 0.15) is 59.4 Å². The normalized spacial score (nSPS) is 13.0. The van der Waals surface area contributed by atoms with Crippen molar-refractivity contribution in [1.82, 2.24) is 10.2 Å². The van der Waals surface area contributed by atoms with Crippen molar-refractivity contribution < 1.29 is 23.8 Å². The van der Waals surface area contributed by atoms with E-state index in [1.54, 1.807) is 35.2 Å². The van der Waals surface area contributed by atoms with Crippen LogP contribution in [0.4, 0.5) is 11.4 Å². The van der Waals surface area contributed by atoms with Crippen molar-refractivity contribution in [3.8, 4) is 0 Å². The molecule has 3 rings (SSSR count). The smallest absolute Gasteiger partial charge is 0.253 e. The van der Waals surface area contributed by atoms with E-state index in [2.05, 4.69) is 10.6 Å². The van der Waals surface area contributed by atoms with Crippen LogP contribution in [0, 0.1) is 0 Å². The summed E-state index contributed by atoms with van der Waals surface area (Å²) in [5.74, 6) is -2.25. The molecule has 0 fully saturated rings. The van der Waals surface area contributed by atoms with Gasteiger partial charge in [0.05, 0.1) is 0 Å². The van der Waals surface area contributed by atoms with Crippen LogP contribution in [-0.2, 0) is 15.8 Å². The molecule has 0 radical (unpaired) electrons. The first kappa shape index (κ1) is 33.6. The maximum Gasteiger partial charge on any atom is 0.253 e. The van der Waals surface area contributed by atoms with Gasteiger partial charge >= 0.3 is 0 Å². The Balaban J connectivity index is 1.75. The van der Waals surface area contributed by atoms with Crippen LogP contribution in [0.2, 0.25) is 0 Å². The Kier molecular flexibility index (Phi) is 12.5. The van der Waals surface area contributed by atoms with E-state index in [-0.39, 0.29) is 30.5 Å². The number of hydrogen-bond acceptors (Lipinski definition) is 5. The predicted octanol–water partition coefficient (Wildman–Crippen LogP) is 5.61. The Bertz CT molecular complexity index is 1410. The molecule has 0 aromatic heterocycles. The molecule has 3 aromatic rings. The SMILES string of the molecule is CCCN(CCC)C(=O)c1cccc(C(=O)NC(Cc2ccccc2)P(=O)(O)CCC(=O)Nc2ccc(N(C)C)cc2)c1. The summed E-state index contributed by atoms with van der Waals surface area (Å²) in [5.41, 5.74) is 2.94. The van der Waals surface area contributed by atoms with Gasteiger partial charge in [-0.1, -0.05) is 50.2 Å². The van der Waals surface area contributed by atoms with Gasteiger partial charge in [0.15, 0.2) is 0 Å². The summed E-state index contributed by atoms with van der Waals surface area (Å²) in [4.78, 5) is 54.1. The molecule has 3 aromatic carbocycles. The van der Waals surface area contributed by atoms with Gasteiger partial charge in [0, 0.05) is 68.7 Å². The monoisotopic (exact) mass is 606 g/mol. The van der Waals surface area contributed by atoms with E-state index in [9.17, 15) is 23.8 Å². The van der Waals surface area contributed by atoms with E-state index >= 15 is 0 Å². The highest BCUT2D eigenvalue weighted by Crippen LogP contribution is 2.47. The Morgan fingerprint density at radius 3 is 2.09 bits per heavy atom. The first-order valence-electron chi connectivity index (χ1n) is 14.7.